The minimum Gasteiger partial charge on any atom is -0.343 e. The van der Waals surface area contributed by atoms with E-state index < -0.39 is 0 Å². The summed E-state index contributed by atoms with van der Waals surface area (Å²) in [6.07, 6.45) is 4.24. The lowest BCUT2D eigenvalue weighted by atomic mass is 9.85. The van der Waals surface area contributed by atoms with Gasteiger partial charge in [-0.05, 0) is 63.7 Å². The molecule has 30 heavy (non-hydrogen) atoms. The van der Waals surface area contributed by atoms with Gasteiger partial charge < -0.3 is 9.47 Å². The third-order valence-electron chi connectivity index (χ3n) is 6.77. The van der Waals surface area contributed by atoms with Crippen LogP contribution < -0.4 is 0 Å². The van der Waals surface area contributed by atoms with Gasteiger partial charge in [-0.2, -0.15) is 0 Å². The molecule has 1 aliphatic carbocycles. The van der Waals surface area contributed by atoms with E-state index in [1.54, 1.807) is 0 Å². The third-order valence-corrected chi connectivity index (χ3v) is 6.77. The lowest BCUT2D eigenvalue weighted by Gasteiger charge is -2.39. The van der Waals surface area contributed by atoms with Crippen molar-refractivity contribution in [3.63, 3.8) is 0 Å². The Morgan fingerprint density at radius 1 is 0.900 bits per heavy atom. The van der Waals surface area contributed by atoms with E-state index in [9.17, 15) is 4.79 Å². The highest BCUT2D eigenvalue weighted by atomic mass is 16.2. The lowest BCUT2D eigenvalue weighted by Crippen LogP contribution is -2.45. The zero-order valence-corrected chi connectivity index (χ0v) is 18.4. The van der Waals surface area contributed by atoms with Gasteiger partial charge in [0.1, 0.15) is 0 Å². The smallest absolute Gasteiger partial charge is 0.251 e. The van der Waals surface area contributed by atoms with Crippen LogP contribution in [0.5, 0.6) is 0 Å². The second-order valence-electron chi connectivity index (χ2n) is 9.66. The summed E-state index contributed by atoms with van der Waals surface area (Å²) in [4.78, 5) is 15.8. The zero-order valence-electron chi connectivity index (χ0n) is 18.4. The second kappa shape index (κ2) is 6.87. The Morgan fingerprint density at radius 2 is 1.57 bits per heavy atom. The fourth-order valence-electron chi connectivity index (χ4n) is 5.53. The van der Waals surface area contributed by atoms with Gasteiger partial charge in [0.25, 0.3) is 5.91 Å². The number of carbonyl (C=O) groups excluding carboxylic acids is 1. The van der Waals surface area contributed by atoms with Gasteiger partial charge in [0.05, 0.1) is 11.7 Å². The first kappa shape index (κ1) is 19.2. The zero-order chi connectivity index (χ0) is 21.0. The Labute approximate surface area is 179 Å². The van der Waals surface area contributed by atoms with Crippen molar-refractivity contribution in [2.24, 2.45) is 7.05 Å². The first-order valence-electron chi connectivity index (χ1n) is 11.1. The molecule has 3 heteroatoms. The molecule has 0 radical (unpaired) electrons. The normalized spacial score (nSPS) is 19.7. The van der Waals surface area contributed by atoms with Crippen molar-refractivity contribution in [2.75, 3.05) is 0 Å². The highest BCUT2D eigenvalue weighted by Crippen LogP contribution is 2.51. The van der Waals surface area contributed by atoms with Crippen LogP contribution >= 0.6 is 0 Å². The summed E-state index contributed by atoms with van der Waals surface area (Å²) in [6.45, 7) is 6.51. The van der Waals surface area contributed by atoms with Gasteiger partial charge in [0.2, 0.25) is 0 Å². The van der Waals surface area contributed by atoms with Gasteiger partial charge in [-0.1, -0.05) is 48.5 Å². The van der Waals surface area contributed by atoms with Crippen LogP contribution in [-0.4, -0.2) is 20.9 Å². The molecule has 1 aromatic heterocycles. The van der Waals surface area contributed by atoms with Gasteiger partial charge in [0, 0.05) is 34.6 Å². The van der Waals surface area contributed by atoms with Crippen molar-refractivity contribution in [3.05, 3.63) is 71.3 Å². The molecule has 2 aliphatic rings. The van der Waals surface area contributed by atoms with E-state index in [0.717, 1.165) is 24.8 Å². The van der Waals surface area contributed by atoms with Gasteiger partial charge >= 0.3 is 0 Å². The van der Waals surface area contributed by atoms with E-state index >= 15 is 0 Å². The molecule has 2 aromatic carbocycles. The average molecular weight is 399 g/mol. The molecule has 1 aliphatic heterocycles. The van der Waals surface area contributed by atoms with Crippen LogP contribution in [0.3, 0.4) is 0 Å². The Morgan fingerprint density at radius 3 is 2.30 bits per heavy atom. The van der Waals surface area contributed by atoms with Crippen molar-refractivity contribution in [1.82, 2.24) is 9.47 Å². The molecule has 1 atom stereocenters. The molecular weight excluding hydrogens is 368 g/mol. The number of aryl methyl sites for hydroxylation is 1. The molecule has 3 aromatic rings. The number of hydrogen-bond donors (Lipinski definition) is 0. The maximum Gasteiger partial charge on any atom is 0.251 e. The number of aromatic nitrogens is 1. The van der Waals surface area contributed by atoms with Crippen molar-refractivity contribution < 1.29 is 4.79 Å². The SMILES string of the molecule is Cn1c(-c2ccccc2)c(C2C3=C(CCCC3)C(=O)N2C(C)(C)C)c2ccccc21. The first-order valence-corrected chi connectivity index (χ1v) is 11.1. The van der Waals surface area contributed by atoms with Gasteiger partial charge in [-0.3, -0.25) is 4.79 Å². The van der Waals surface area contributed by atoms with Crippen LogP contribution in [0.2, 0.25) is 0 Å². The number of fused-ring (bicyclic) bond motifs is 1. The molecule has 0 N–H and O–H groups in total. The molecule has 1 unspecified atom stereocenters. The molecule has 154 valence electrons. The lowest BCUT2D eigenvalue weighted by molar-refractivity contribution is -0.132. The topological polar surface area (TPSA) is 25.2 Å². The van der Waals surface area contributed by atoms with Crippen LogP contribution in [0.25, 0.3) is 22.2 Å². The monoisotopic (exact) mass is 398 g/mol. The number of rotatable bonds is 2. The standard InChI is InChI=1S/C27H30N2O/c1-27(2,3)29-25(19-14-8-9-15-20(19)26(29)30)23-21-16-10-11-17-22(21)28(4)24(23)18-12-6-5-7-13-18/h5-7,10-13,16-17,25H,8-9,14-15H2,1-4H3. The van der Waals surface area contributed by atoms with Gasteiger partial charge in [0.15, 0.2) is 0 Å². The molecule has 1 amide bonds. The Kier molecular flexibility index (Phi) is 4.39. The van der Waals surface area contributed by atoms with E-state index in [1.807, 2.05) is 0 Å². The number of amides is 1. The summed E-state index contributed by atoms with van der Waals surface area (Å²) in [5.41, 5.74) is 7.12. The summed E-state index contributed by atoms with van der Waals surface area (Å²) in [7, 11) is 2.16. The second-order valence-corrected chi connectivity index (χ2v) is 9.66. The van der Waals surface area contributed by atoms with Gasteiger partial charge in [-0.15, -0.1) is 0 Å². The average Bonchev–Trinajstić information content (AvgIpc) is 3.20. The predicted octanol–water partition coefficient (Wildman–Crippen LogP) is 6.40. The Balaban J connectivity index is 1.86. The van der Waals surface area contributed by atoms with E-state index in [0.29, 0.717) is 0 Å². The number of carbonyl (C=O) groups is 1. The molecular formula is C27H30N2O. The van der Waals surface area contributed by atoms with Crippen LogP contribution in [-0.2, 0) is 11.8 Å². The fourth-order valence-corrected chi connectivity index (χ4v) is 5.53. The molecule has 0 fully saturated rings. The quantitative estimate of drug-likeness (QED) is 0.490. The largest absolute Gasteiger partial charge is 0.343 e. The van der Waals surface area contributed by atoms with E-state index in [1.165, 1.54) is 39.7 Å². The van der Waals surface area contributed by atoms with Crippen LogP contribution in [0.1, 0.15) is 58.1 Å². The summed E-state index contributed by atoms with van der Waals surface area (Å²) in [5, 5.41) is 1.25. The van der Waals surface area contributed by atoms with Crippen LogP contribution in [0.4, 0.5) is 0 Å². The molecule has 5 rings (SSSR count). The fraction of sp³-hybridized carbons (Fsp3) is 0.370. The molecule has 0 spiro atoms. The minimum absolute atomic E-state index is 0.00843. The Hall–Kier alpha value is -2.81. The summed E-state index contributed by atoms with van der Waals surface area (Å²) in [6, 6.07) is 19.3. The third kappa shape index (κ3) is 2.75. The van der Waals surface area contributed by atoms with Crippen molar-refractivity contribution in [2.45, 2.75) is 58.0 Å². The predicted molar refractivity (Wildman–Crippen MR) is 123 cm³/mol. The van der Waals surface area contributed by atoms with E-state index in [-0.39, 0.29) is 17.5 Å². The number of benzene rings is 2. The maximum atomic E-state index is 13.6. The highest BCUT2D eigenvalue weighted by molar-refractivity contribution is 6.01. The van der Waals surface area contributed by atoms with Gasteiger partial charge in [-0.25, -0.2) is 0 Å². The molecule has 0 saturated carbocycles. The molecule has 0 saturated heterocycles. The molecule has 2 heterocycles. The first-order chi connectivity index (χ1) is 14.4. The summed E-state index contributed by atoms with van der Waals surface area (Å²) in [5.74, 6) is 0.245. The van der Waals surface area contributed by atoms with Crippen LogP contribution in [0, 0.1) is 0 Å². The van der Waals surface area contributed by atoms with Crippen molar-refractivity contribution >= 4 is 16.8 Å². The van der Waals surface area contributed by atoms with Crippen molar-refractivity contribution in [1.29, 1.82) is 0 Å². The molecule has 3 nitrogen and oxygen atoms in total. The number of nitrogens with zero attached hydrogens (tertiary/aromatic N) is 2. The number of para-hydroxylation sites is 1. The van der Waals surface area contributed by atoms with E-state index in [2.05, 4.69) is 91.9 Å². The summed E-state index contributed by atoms with van der Waals surface area (Å²) < 4.78 is 2.31. The Bertz CT molecular complexity index is 1160. The van der Waals surface area contributed by atoms with E-state index in [4.69, 9.17) is 0 Å². The van der Waals surface area contributed by atoms with Crippen LogP contribution in [0.15, 0.2) is 65.7 Å². The number of hydrogen-bond acceptors (Lipinski definition) is 1. The highest BCUT2D eigenvalue weighted by Gasteiger charge is 2.47. The van der Waals surface area contributed by atoms with Crippen molar-refractivity contribution in [3.8, 4) is 11.3 Å². The minimum atomic E-state index is -0.246. The molecule has 0 bridgehead atoms. The maximum absolute atomic E-state index is 13.6. The summed E-state index contributed by atoms with van der Waals surface area (Å²) >= 11 is 0.